The lowest BCUT2D eigenvalue weighted by Crippen LogP contribution is -2.37. The van der Waals surface area contributed by atoms with Crippen molar-refractivity contribution in [2.45, 2.75) is 52.1 Å². The van der Waals surface area contributed by atoms with Gasteiger partial charge in [-0.3, -0.25) is 4.79 Å². The molecule has 4 nitrogen and oxygen atoms in total. The molecular formula is C15H23NO3. The van der Waals surface area contributed by atoms with Crippen LogP contribution < -0.4 is 0 Å². The summed E-state index contributed by atoms with van der Waals surface area (Å²) >= 11 is 0. The van der Waals surface area contributed by atoms with Gasteiger partial charge in [0.25, 0.3) is 0 Å². The monoisotopic (exact) mass is 265 g/mol. The van der Waals surface area contributed by atoms with Crippen LogP contribution in [0.15, 0.2) is 12.2 Å². The van der Waals surface area contributed by atoms with Gasteiger partial charge in [0, 0.05) is 19.5 Å². The van der Waals surface area contributed by atoms with E-state index in [-0.39, 0.29) is 17.3 Å². The highest BCUT2D eigenvalue weighted by molar-refractivity contribution is 5.93. The minimum atomic E-state index is -0.454. The smallest absolute Gasteiger partial charge is 0.410 e. The molecule has 1 fully saturated rings. The fraction of sp³-hybridized carbons (Fsp3) is 0.733. The largest absolute Gasteiger partial charge is 0.444 e. The lowest BCUT2D eigenvalue weighted by molar-refractivity contribution is -0.115. The molecule has 1 amide bonds. The van der Waals surface area contributed by atoms with Crippen molar-refractivity contribution in [3.8, 4) is 0 Å². The molecule has 4 heteroatoms. The van der Waals surface area contributed by atoms with E-state index in [2.05, 4.69) is 0 Å². The number of carbonyl (C=O) groups excluding carboxylic acids is 2. The van der Waals surface area contributed by atoms with Gasteiger partial charge in [0.05, 0.1) is 0 Å². The van der Waals surface area contributed by atoms with E-state index < -0.39 is 5.60 Å². The molecule has 19 heavy (non-hydrogen) atoms. The Balaban J connectivity index is 1.96. The Labute approximate surface area is 114 Å². The first kappa shape index (κ1) is 14.1. The van der Waals surface area contributed by atoms with E-state index in [0.717, 1.165) is 25.8 Å². The van der Waals surface area contributed by atoms with Gasteiger partial charge >= 0.3 is 6.09 Å². The number of nitrogens with zero attached hydrogens (tertiary/aromatic N) is 1. The fourth-order valence-electron chi connectivity index (χ4n) is 2.80. The molecule has 2 aliphatic rings. The zero-order valence-electron chi connectivity index (χ0n) is 12.1. The van der Waals surface area contributed by atoms with Crippen molar-refractivity contribution in [1.29, 1.82) is 0 Å². The summed E-state index contributed by atoms with van der Waals surface area (Å²) in [6.45, 7) is 7.03. The van der Waals surface area contributed by atoms with Gasteiger partial charge in [0.2, 0.25) is 0 Å². The van der Waals surface area contributed by atoms with E-state index in [1.54, 1.807) is 11.0 Å². The summed E-state index contributed by atoms with van der Waals surface area (Å²) in [5.41, 5.74) is -0.460. The third-order valence-corrected chi connectivity index (χ3v) is 3.78. The maximum Gasteiger partial charge on any atom is 0.410 e. The van der Waals surface area contributed by atoms with Crippen molar-refractivity contribution in [3.05, 3.63) is 12.2 Å². The second-order valence-electron chi connectivity index (χ2n) is 6.66. The highest BCUT2D eigenvalue weighted by atomic mass is 16.6. The molecule has 2 rings (SSSR count). The number of likely N-dealkylation sites (tertiary alicyclic amines) is 1. The summed E-state index contributed by atoms with van der Waals surface area (Å²) < 4.78 is 5.41. The van der Waals surface area contributed by atoms with Crippen LogP contribution in [0.5, 0.6) is 0 Å². The number of allylic oxidation sites excluding steroid dienone is 2. The Hall–Kier alpha value is -1.32. The predicted octanol–water partition coefficient (Wildman–Crippen LogP) is 2.92. The minimum absolute atomic E-state index is 0.00611. The van der Waals surface area contributed by atoms with Gasteiger partial charge in [-0.2, -0.15) is 0 Å². The van der Waals surface area contributed by atoms with Crippen LogP contribution in [0, 0.1) is 5.41 Å². The maximum absolute atomic E-state index is 12.1. The Morgan fingerprint density at radius 3 is 2.63 bits per heavy atom. The zero-order valence-corrected chi connectivity index (χ0v) is 12.1. The van der Waals surface area contributed by atoms with Gasteiger partial charge in [-0.25, -0.2) is 4.79 Å². The zero-order chi connectivity index (χ0) is 14.1. The molecule has 0 radical (unpaired) electrons. The molecule has 1 spiro atoms. The van der Waals surface area contributed by atoms with Crippen LogP contribution in [0.25, 0.3) is 0 Å². The summed E-state index contributed by atoms with van der Waals surface area (Å²) in [7, 11) is 0. The Bertz CT molecular complexity index is 408. The Kier molecular flexibility index (Phi) is 3.70. The molecule has 1 saturated heterocycles. The number of amides is 1. The van der Waals surface area contributed by atoms with Crippen molar-refractivity contribution in [2.24, 2.45) is 5.41 Å². The Morgan fingerprint density at radius 1 is 1.32 bits per heavy atom. The SMILES string of the molecule is CC(C)(C)OC(=O)N1CCCC2(C=CC(=O)C2)CC1. The van der Waals surface area contributed by atoms with Crippen molar-refractivity contribution < 1.29 is 14.3 Å². The van der Waals surface area contributed by atoms with Crippen molar-refractivity contribution in [2.75, 3.05) is 13.1 Å². The third kappa shape index (κ3) is 3.58. The van der Waals surface area contributed by atoms with E-state index in [1.165, 1.54) is 0 Å². The van der Waals surface area contributed by atoms with Crippen molar-refractivity contribution in [3.63, 3.8) is 0 Å². The van der Waals surface area contributed by atoms with E-state index in [0.29, 0.717) is 13.0 Å². The number of rotatable bonds is 0. The third-order valence-electron chi connectivity index (χ3n) is 3.78. The van der Waals surface area contributed by atoms with E-state index in [4.69, 9.17) is 4.74 Å². The average Bonchev–Trinajstić information content (AvgIpc) is 2.52. The topological polar surface area (TPSA) is 46.6 Å². The van der Waals surface area contributed by atoms with Gasteiger partial charge < -0.3 is 9.64 Å². The molecule has 1 heterocycles. The predicted molar refractivity (Wildman–Crippen MR) is 72.9 cm³/mol. The summed E-state index contributed by atoms with van der Waals surface area (Å²) in [4.78, 5) is 25.3. The minimum Gasteiger partial charge on any atom is -0.444 e. The van der Waals surface area contributed by atoms with Gasteiger partial charge in [0.1, 0.15) is 5.60 Å². The molecule has 0 bridgehead atoms. The molecule has 1 unspecified atom stereocenters. The summed E-state index contributed by atoms with van der Waals surface area (Å²) in [5, 5.41) is 0. The van der Waals surface area contributed by atoms with Crippen LogP contribution in [0.1, 0.15) is 46.5 Å². The number of ketones is 1. The Morgan fingerprint density at radius 2 is 2.05 bits per heavy atom. The molecule has 106 valence electrons. The first-order chi connectivity index (χ1) is 8.80. The van der Waals surface area contributed by atoms with Crippen molar-refractivity contribution >= 4 is 11.9 Å². The molecular weight excluding hydrogens is 242 g/mol. The second kappa shape index (κ2) is 4.99. The fourth-order valence-corrected chi connectivity index (χ4v) is 2.80. The van der Waals surface area contributed by atoms with Crippen LogP contribution in [0.3, 0.4) is 0 Å². The highest BCUT2D eigenvalue weighted by Crippen LogP contribution is 2.40. The average molecular weight is 265 g/mol. The van der Waals surface area contributed by atoms with Crippen LogP contribution in [0.4, 0.5) is 4.79 Å². The summed E-state index contributed by atoms with van der Waals surface area (Å²) in [5.74, 6) is 0.214. The lowest BCUT2D eigenvalue weighted by Gasteiger charge is -2.27. The lowest BCUT2D eigenvalue weighted by atomic mass is 9.80. The maximum atomic E-state index is 12.1. The first-order valence-electron chi connectivity index (χ1n) is 7.00. The first-order valence-corrected chi connectivity index (χ1v) is 7.00. The molecule has 0 saturated carbocycles. The normalized spacial score (nSPS) is 27.7. The number of carbonyl (C=O) groups is 2. The van der Waals surface area contributed by atoms with Gasteiger partial charge in [-0.15, -0.1) is 0 Å². The molecule has 1 aliphatic heterocycles. The van der Waals surface area contributed by atoms with Gasteiger partial charge in [0.15, 0.2) is 5.78 Å². The van der Waals surface area contributed by atoms with Crippen molar-refractivity contribution in [1.82, 2.24) is 4.90 Å². The quantitative estimate of drug-likeness (QED) is 0.676. The highest BCUT2D eigenvalue weighted by Gasteiger charge is 2.36. The van der Waals surface area contributed by atoms with Crippen LogP contribution >= 0.6 is 0 Å². The molecule has 0 aromatic heterocycles. The molecule has 1 aliphatic carbocycles. The second-order valence-corrected chi connectivity index (χ2v) is 6.66. The van der Waals surface area contributed by atoms with Crippen LogP contribution in [-0.2, 0) is 9.53 Å². The number of ether oxygens (including phenoxy) is 1. The summed E-state index contributed by atoms with van der Waals surface area (Å²) in [6.07, 6.45) is 6.88. The van der Waals surface area contributed by atoms with E-state index in [1.807, 2.05) is 26.8 Å². The van der Waals surface area contributed by atoms with Gasteiger partial charge in [-0.1, -0.05) is 6.08 Å². The standard InChI is InChI=1S/C15H23NO3/c1-14(2,3)19-13(18)16-9-4-6-15(8-10-16)7-5-12(17)11-15/h5,7H,4,6,8-11H2,1-3H3. The number of hydrogen-bond acceptors (Lipinski definition) is 3. The van der Waals surface area contributed by atoms with E-state index in [9.17, 15) is 9.59 Å². The van der Waals surface area contributed by atoms with Crippen LogP contribution in [-0.4, -0.2) is 35.5 Å². The molecule has 0 N–H and O–H groups in total. The summed E-state index contributed by atoms with van der Waals surface area (Å²) in [6, 6.07) is 0. The number of hydrogen-bond donors (Lipinski definition) is 0. The van der Waals surface area contributed by atoms with E-state index >= 15 is 0 Å². The molecule has 0 aromatic rings. The van der Waals surface area contributed by atoms with Crippen LogP contribution in [0.2, 0.25) is 0 Å². The molecule has 0 aromatic carbocycles. The molecule has 1 atom stereocenters. The van der Waals surface area contributed by atoms with Gasteiger partial charge in [-0.05, 0) is 51.5 Å².